The fourth-order valence-corrected chi connectivity index (χ4v) is 2.70. The first-order valence-electron chi connectivity index (χ1n) is 7.77. The zero-order valence-electron chi connectivity index (χ0n) is 13.3. The summed E-state index contributed by atoms with van der Waals surface area (Å²) in [6.45, 7) is 1.64. The quantitative estimate of drug-likeness (QED) is 0.770. The van der Waals surface area contributed by atoms with Gasteiger partial charge in [0.15, 0.2) is 0 Å². The van der Waals surface area contributed by atoms with Crippen molar-refractivity contribution in [1.82, 2.24) is 0 Å². The molecule has 3 rings (SSSR count). The lowest BCUT2D eigenvalue weighted by atomic mass is 9.91. The number of rotatable bonds is 4. The molecule has 0 amide bonds. The SMILES string of the molecule is Cc1cc(O)c(C(/C=C/c2ccccc2)c2ccccc2)c(=O)o1. The van der Waals surface area contributed by atoms with E-state index in [2.05, 4.69) is 0 Å². The summed E-state index contributed by atoms with van der Waals surface area (Å²) in [6, 6.07) is 20.9. The van der Waals surface area contributed by atoms with Crippen LogP contribution in [0.1, 0.15) is 28.4 Å². The molecule has 120 valence electrons. The minimum absolute atomic E-state index is 0.0460. The molecular weight excluding hydrogens is 300 g/mol. The lowest BCUT2D eigenvalue weighted by Gasteiger charge is -2.14. The van der Waals surface area contributed by atoms with Crippen LogP contribution >= 0.6 is 0 Å². The molecule has 1 aromatic heterocycles. The van der Waals surface area contributed by atoms with E-state index < -0.39 is 5.63 Å². The molecule has 1 N–H and O–H groups in total. The van der Waals surface area contributed by atoms with Crippen LogP contribution in [0, 0.1) is 6.92 Å². The summed E-state index contributed by atoms with van der Waals surface area (Å²) in [5, 5.41) is 10.3. The van der Waals surface area contributed by atoms with E-state index in [9.17, 15) is 9.90 Å². The molecule has 0 aliphatic carbocycles. The molecule has 1 heterocycles. The van der Waals surface area contributed by atoms with Crippen LogP contribution < -0.4 is 5.63 Å². The van der Waals surface area contributed by atoms with Gasteiger partial charge in [-0.05, 0) is 18.1 Å². The number of hydrogen-bond acceptors (Lipinski definition) is 3. The van der Waals surface area contributed by atoms with Gasteiger partial charge in [0.25, 0.3) is 0 Å². The van der Waals surface area contributed by atoms with Crippen LogP contribution in [0.2, 0.25) is 0 Å². The van der Waals surface area contributed by atoms with Gasteiger partial charge < -0.3 is 9.52 Å². The lowest BCUT2D eigenvalue weighted by Crippen LogP contribution is -2.13. The van der Waals surface area contributed by atoms with Crippen LogP contribution in [0.15, 0.2) is 82.0 Å². The molecule has 3 nitrogen and oxygen atoms in total. The predicted octanol–water partition coefficient (Wildman–Crippen LogP) is 4.50. The van der Waals surface area contributed by atoms with E-state index in [-0.39, 0.29) is 17.2 Å². The van der Waals surface area contributed by atoms with E-state index in [4.69, 9.17) is 4.42 Å². The van der Waals surface area contributed by atoms with Crippen LogP contribution in [0.4, 0.5) is 0 Å². The standard InChI is InChI=1S/C21H18O3/c1-15-14-19(22)20(21(23)24-15)18(17-10-6-3-7-11-17)13-12-16-8-4-2-5-9-16/h2-14,18,22H,1H3/b13-12+. The first kappa shape index (κ1) is 15.8. The molecule has 0 radical (unpaired) electrons. The zero-order chi connectivity index (χ0) is 16.9. The van der Waals surface area contributed by atoms with Crippen LogP contribution in [-0.2, 0) is 0 Å². The summed E-state index contributed by atoms with van der Waals surface area (Å²) in [4.78, 5) is 12.3. The van der Waals surface area contributed by atoms with Crippen LogP contribution in [-0.4, -0.2) is 5.11 Å². The highest BCUT2D eigenvalue weighted by molar-refractivity contribution is 5.54. The second kappa shape index (κ2) is 7.01. The highest BCUT2D eigenvalue weighted by Gasteiger charge is 2.20. The van der Waals surface area contributed by atoms with Gasteiger partial charge in [0.2, 0.25) is 0 Å². The van der Waals surface area contributed by atoms with Gasteiger partial charge in [-0.25, -0.2) is 4.79 Å². The molecule has 0 fully saturated rings. The summed E-state index contributed by atoms with van der Waals surface area (Å²) in [5.74, 6) is -0.0429. The van der Waals surface area contributed by atoms with Gasteiger partial charge >= 0.3 is 5.63 Å². The Balaban J connectivity index is 2.10. The number of benzene rings is 2. The molecule has 3 heteroatoms. The Kier molecular flexibility index (Phi) is 4.62. The molecule has 3 aromatic rings. The fourth-order valence-electron chi connectivity index (χ4n) is 2.70. The maximum atomic E-state index is 12.3. The largest absolute Gasteiger partial charge is 0.507 e. The maximum absolute atomic E-state index is 12.3. The van der Waals surface area contributed by atoms with Crippen molar-refractivity contribution < 1.29 is 9.52 Å². The van der Waals surface area contributed by atoms with Gasteiger partial charge in [-0.15, -0.1) is 0 Å². The molecule has 1 atom stereocenters. The molecule has 0 spiro atoms. The van der Waals surface area contributed by atoms with E-state index in [1.807, 2.05) is 72.8 Å². The Morgan fingerprint density at radius 1 is 1.00 bits per heavy atom. The minimum Gasteiger partial charge on any atom is -0.507 e. The Labute approximate surface area is 140 Å². The smallest absolute Gasteiger partial charge is 0.343 e. The van der Waals surface area contributed by atoms with Crippen molar-refractivity contribution in [3.8, 4) is 5.75 Å². The summed E-state index contributed by atoms with van der Waals surface area (Å²) < 4.78 is 5.19. The van der Waals surface area contributed by atoms with Gasteiger partial charge in [0, 0.05) is 12.0 Å². The molecule has 1 unspecified atom stereocenters. The third kappa shape index (κ3) is 3.46. The molecule has 0 saturated carbocycles. The number of aryl methyl sites for hydroxylation is 1. The molecule has 0 aliphatic rings. The minimum atomic E-state index is -0.515. The van der Waals surface area contributed by atoms with Crippen LogP contribution in [0.5, 0.6) is 5.75 Å². The molecule has 2 aromatic carbocycles. The van der Waals surface area contributed by atoms with E-state index >= 15 is 0 Å². The van der Waals surface area contributed by atoms with Crippen molar-refractivity contribution in [3.63, 3.8) is 0 Å². The van der Waals surface area contributed by atoms with E-state index in [0.29, 0.717) is 5.76 Å². The van der Waals surface area contributed by atoms with Gasteiger partial charge in [-0.3, -0.25) is 0 Å². The Hall–Kier alpha value is -3.07. The first-order chi connectivity index (χ1) is 11.6. The fraction of sp³-hybridized carbons (Fsp3) is 0.0952. The van der Waals surface area contributed by atoms with Crippen molar-refractivity contribution in [2.45, 2.75) is 12.8 Å². The normalized spacial score (nSPS) is 12.4. The zero-order valence-corrected chi connectivity index (χ0v) is 13.3. The number of allylic oxidation sites excluding steroid dienone is 1. The van der Waals surface area contributed by atoms with E-state index in [1.54, 1.807) is 6.92 Å². The Morgan fingerprint density at radius 3 is 2.25 bits per heavy atom. The molecular formula is C21H18O3. The van der Waals surface area contributed by atoms with Gasteiger partial charge in [0.05, 0.1) is 5.56 Å². The average molecular weight is 318 g/mol. The van der Waals surface area contributed by atoms with Crippen molar-refractivity contribution in [2.75, 3.05) is 0 Å². The number of aromatic hydroxyl groups is 1. The number of hydrogen-bond donors (Lipinski definition) is 1. The summed E-state index contributed by atoms with van der Waals surface area (Å²) in [5.41, 5.74) is 1.67. The van der Waals surface area contributed by atoms with Crippen molar-refractivity contribution in [2.24, 2.45) is 0 Å². The van der Waals surface area contributed by atoms with Crippen LogP contribution in [0.3, 0.4) is 0 Å². The average Bonchev–Trinajstić information content (AvgIpc) is 2.58. The Morgan fingerprint density at radius 2 is 1.62 bits per heavy atom. The highest BCUT2D eigenvalue weighted by Crippen LogP contribution is 2.31. The Bertz CT molecular complexity index is 893. The maximum Gasteiger partial charge on any atom is 0.343 e. The molecule has 24 heavy (non-hydrogen) atoms. The summed E-state index contributed by atoms with van der Waals surface area (Å²) in [7, 11) is 0. The van der Waals surface area contributed by atoms with Gasteiger partial charge in [-0.2, -0.15) is 0 Å². The van der Waals surface area contributed by atoms with Gasteiger partial charge in [-0.1, -0.05) is 72.8 Å². The third-order valence-corrected chi connectivity index (χ3v) is 3.84. The first-order valence-corrected chi connectivity index (χ1v) is 7.77. The van der Waals surface area contributed by atoms with E-state index in [0.717, 1.165) is 11.1 Å². The van der Waals surface area contributed by atoms with Crippen molar-refractivity contribution >= 4 is 6.08 Å². The highest BCUT2D eigenvalue weighted by atomic mass is 16.4. The topological polar surface area (TPSA) is 50.4 Å². The third-order valence-electron chi connectivity index (χ3n) is 3.84. The lowest BCUT2D eigenvalue weighted by molar-refractivity contribution is 0.422. The summed E-state index contributed by atoms with van der Waals surface area (Å²) >= 11 is 0. The van der Waals surface area contributed by atoms with Crippen molar-refractivity contribution in [1.29, 1.82) is 0 Å². The van der Waals surface area contributed by atoms with Gasteiger partial charge in [0.1, 0.15) is 11.5 Å². The van der Waals surface area contributed by atoms with Crippen molar-refractivity contribution in [3.05, 3.63) is 106 Å². The van der Waals surface area contributed by atoms with Crippen LogP contribution in [0.25, 0.3) is 6.08 Å². The molecule has 0 aliphatic heterocycles. The molecule has 0 saturated heterocycles. The summed E-state index contributed by atoms with van der Waals surface area (Å²) in [6.07, 6.45) is 3.85. The second-order valence-electron chi connectivity index (χ2n) is 5.60. The monoisotopic (exact) mass is 318 g/mol. The van der Waals surface area contributed by atoms with E-state index in [1.165, 1.54) is 6.07 Å². The predicted molar refractivity (Wildman–Crippen MR) is 95.1 cm³/mol. The molecule has 0 bridgehead atoms. The second-order valence-corrected chi connectivity index (χ2v) is 5.60.